The van der Waals surface area contributed by atoms with Crippen LogP contribution < -0.4 is 0 Å². The minimum absolute atomic E-state index is 0.841. The maximum absolute atomic E-state index is 5.44. The maximum Gasteiger partial charge on any atom is 0.136 e. The molecule has 74 valence electrons. The van der Waals surface area contributed by atoms with Crippen molar-refractivity contribution in [3.63, 3.8) is 0 Å². The topological polar surface area (TPSA) is 3.24 Å². The van der Waals surface area contributed by atoms with Crippen LogP contribution in [0.3, 0.4) is 0 Å². The average molecular weight is 215 g/mol. The van der Waals surface area contributed by atoms with Crippen molar-refractivity contribution >= 4 is 28.3 Å². The summed E-state index contributed by atoms with van der Waals surface area (Å²) < 4.78 is 1.17. The summed E-state index contributed by atoms with van der Waals surface area (Å²) in [6, 6.07) is 0. The van der Waals surface area contributed by atoms with Gasteiger partial charge in [0.1, 0.15) is 4.32 Å². The number of thiocarbonyl (C=S) groups is 1. The molecule has 13 heavy (non-hydrogen) atoms. The number of nitrogens with zero attached hydrogens (tertiary/aromatic N) is 1. The second kappa shape index (κ2) is 4.65. The smallest absolute Gasteiger partial charge is 0.136 e. The summed E-state index contributed by atoms with van der Waals surface area (Å²) in [6.45, 7) is 2.41. The predicted octanol–water partition coefficient (Wildman–Crippen LogP) is 3.04. The zero-order valence-corrected chi connectivity index (χ0v) is 9.63. The van der Waals surface area contributed by atoms with Gasteiger partial charge in [0, 0.05) is 18.3 Å². The average Bonchev–Trinajstić information content (AvgIpc) is 2.74. The molecule has 0 atom stereocenters. The highest BCUT2D eigenvalue weighted by Gasteiger charge is 2.21. The molecule has 0 aromatic carbocycles. The van der Waals surface area contributed by atoms with Crippen LogP contribution in [0, 0.1) is 0 Å². The fourth-order valence-electron chi connectivity index (χ4n) is 2.12. The number of likely N-dealkylation sites (tertiary alicyclic amines) is 1. The van der Waals surface area contributed by atoms with Gasteiger partial charge in [0.2, 0.25) is 0 Å². The third-order valence-electron chi connectivity index (χ3n) is 2.93. The first-order chi connectivity index (χ1) is 6.36. The number of rotatable bonds is 1. The van der Waals surface area contributed by atoms with E-state index in [1.165, 1.54) is 55.9 Å². The van der Waals surface area contributed by atoms with Gasteiger partial charge in [0.15, 0.2) is 0 Å². The molecule has 2 aliphatic rings. The highest BCUT2D eigenvalue weighted by molar-refractivity contribution is 8.23. The van der Waals surface area contributed by atoms with Crippen molar-refractivity contribution in [2.24, 2.45) is 0 Å². The van der Waals surface area contributed by atoms with Crippen molar-refractivity contribution in [3.05, 3.63) is 0 Å². The molecule has 0 aromatic rings. The van der Waals surface area contributed by atoms with Crippen LogP contribution in [0.5, 0.6) is 0 Å². The Labute approximate surface area is 90.3 Å². The Balaban J connectivity index is 1.76. The van der Waals surface area contributed by atoms with Crippen molar-refractivity contribution < 1.29 is 0 Å². The van der Waals surface area contributed by atoms with E-state index < -0.39 is 0 Å². The molecule has 0 spiro atoms. The molecule has 3 heteroatoms. The minimum Gasteiger partial charge on any atom is -0.358 e. The van der Waals surface area contributed by atoms with Gasteiger partial charge in [-0.05, 0) is 25.7 Å². The fraction of sp³-hybridized carbons (Fsp3) is 0.900. The largest absolute Gasteiger partial charge is 0.358 e. The van der Waals surface area contributed by atoms with Crippen LogP contribution in [0.1, 0.15) is 38.5 Å². The zero-order valence-electron chi connectivity index (χ0n) is 8.00. The molecule has 0 aromatic heterocycles. The van der Waals surface area contributed by atoms with Crippen molar-refractivity contribution in [2.75, 3.05) is 13.1 Å². The highest BCUT2D eigenvalue weighted by atomic mass is 32.2. The van der Waals surface area contributed by atoms with Crippen molar-refractivity contribution in [1.29, 1.82) is 0 Å². The lowest BCUT2D eigenvalue weighted by atomic mass is 10.4. The first kappa shape index (κ1) is 9.78. The van der Waals surface area contributed by atoms with Gasteiger partial charge in [0.05, 0.1) is 0 Å². The number of hydrogen-bond donors (Lipinski definition) is 0. The lowest BCUT2D eigenvalue weighted by molar-refractivity contribution is 0.539. The Morgan fingerprint density at radius 3 is 2.31 bits per heavy atom. The summed E-state index contributed by atoms with van der Waals surface area (Å²) >= 11 is 7.40. The molecule has 1 heterocycles. The van der Waals surface area contributed by atoms with Crippen LogP contribution >= 0.6 is 24.0 Å². The monoisotopic (exact) mass is 215 g/mol. The number of hydrogen-bond acceptors (Lipinski definition) is 2. The van der Waals surface area contributed by atoms with E-state index in [-0.39, 0.29) is 0 Å². The Hall–Kier alpha value is 0.240. The van der Waals surface area contributed by atoms with Gasteiger partial charge in [-0.3, -0.25) is 0 Å². The van der Waals surface area contributed by atoms with E-state index in [0.29, 0.717) is 0 Å². The van der Waals surface area contributed by atoms with Gasteiger partial charge < -0.3 is 4.90 Å². The SMILES string of the molecule is S=C(SC1CCCC1)N1CCCC1. The summed E-state index contributed by atoms with van der Waals surface area (Å²) in [4.78, 5) is 2.39. The standard InChI is InChI=1S/C10H17NS2/c12-10(11-7-3-4-8-11)13-9-5-1-2-6-9/h9H,1-8H2. The van der Waals surface area contributed by atoms with Gasteiger partial charge in [-0.1, -0.05) is 36.8 Å². The van der Waals surface area contributed by atoms with Crippen molar-refractivity contribution in [1.82, 2.24) is 4.90 Å². The molecule has 1 aliphatic heterocycles. The van der Waals surface area contributed by atoms with Crippen LogP contribution in [0.25, 0.3) is 0 Å². The fourth-order valence-corrected chi connectivity index (χ4v) is 3.90. The normalized spacial score (nSPS) is 24.2. The number of thioether (sulfide) groups is 1. The van der Waals surface area contributed by atoms with E-state index in [1.807, 2.05) is 11.8 Å². The van der Waals surface area contributed by atoms with Gasteiger partial charge >= 0.3 is 0 Å². The lowest BCUT2D eigenvalue weighted by Gasteiger charge is -2.20. The summed E-state index contributed by atoms with van der Waals surface area (Å²) in [5, 5.41) is 0.841. The van der Waals surface area contributed by atoms with E-state index in [4.69, 9.17) is 12.2 Å². The Bertz CT molecular complexity index is 181. The van der Waals surface area contributed by atoms with Gasteiger partial charge in [-0.25, -0.2) is 0 Å². The maximum atomic E-state index is 5.44. The predicted molar refractivity (Wildman–Crippen MR) is 63.3 cm³/mol. The Morgan fingerprint density at radius 2 is 1.69 bits per heavy atom. The molecule has 2 fully saturated rings. The minimum atomic E-state index is 0.841. The summed E-state index contributed by atoms with van der Waals surface area (Å²) in [6.07, 6.45) is 8.29. The third-order valence-corrected chi connectivity index (χ3v) is 4.75. The summed E-state index contributed by atoms with van der Waals surface area (Å²) in [5.41, 5.74) is 0. The third kappa shape index (κ3) is 2.59. The Morgan fingerprint density at radius 1 is 1.08 bits per heavy atom. The molecule has 1 aliphatic carbocycles. The van der Waals surface area contributed by atoms with Crippen molar-refractivity contribution in [2.45, 2.75) is 43.8 Å². The highest BCUT2D eigenvalue weighted by Crippen LogP contribution is 2.31. The molecule has 1 saturated heterocycles. The Kier molecular flexibility index (Phi) is 3.50. The lowest BCUT2D eigenvalue weighted by Crippen LogP contribution is -2.24. The molecule has 0 bridgehead atoms. The molecular weight excluding hydrogens is 198 g/mol. The first-order valence-corrected chi connectivity index (χ1v) is 6.60. The van der Waals surface area contributed by atoms with Crippen LogP contribution in [0.2, 0.25) is 0 Å². The van der Waals surface area contributed by atoms with Crippen LogP contribution in [0.4, 0.5) is 0 Å². The molecule has 0 unspecified atom stereocenters. The summed E-state index contributed by atoms with van der Waals surface area (Å²) in [5.74, 6) is 0. The van der Waals surface area contributed by atoms with Gasteiger partial charge in [-0.15, -0.1) is 0 Å². The van der Waals surface area contributed by atoms with Crippen molar-refractivity contribution in [3.8, 4) is 0 Å². The second-order valence-corrected chi connectivity index (χ2v) is 5.92. The van der Waals surface area contributed by atoms with E-state index in [1.54, 1.807) is 0 Å². The molecule has 2 rings (SSSR count). The molecular formula is C10H17NS2. The summed E-state index contributed by atoms with van der Waals surface area (Å²) in [7, 11) is 0. The van der Waals surface area contributed by atoms with E-state index >= 15 is 0 Å². The molecule has 0 amide bonds. The van der Waals surface area contributed by atoms with E-state index in [2.05, 4.69) is 4.90 Å². The quantitative estimate of drug-likeness (QED) is 0.619. The molecule has 0 N–H and O–H groups in total. The van der Waals surface area contributed by atoms with Gasteiger partial charge in [0.25, 0.3) is 0 Å². The molecule has 0 radical (unpaired) electrons. The molecule has 1 saturated carbocycles. The molecule has 1 nitrogen and oxygen atoms in total. The van der Waals surface area contributed by atoms with E-state index in [0.717, 1.165) is 5.25 Å². The van der Waals surface area contributed by atoms with Crippen LogP contribution in [-0.2, 0) is 0 Å². The second-order valence-electron chi connectivity index (χ2n) is 3.98. The van der Waals surface area contributed by atoms with Gasteiger partial charge in [-0.2, -0.15) is 0 Å². The van der Waals surface area contributed by atoms with E-state index in [9.17, 15) is 0 Å². The van der Waals surface area contributed by atoms with Crippen LogP contribution in [0.15, 0.2) is 0 Å². The zero-order chi connectivity index (χ0) is 9.10. The first-order valence-electron chi connectivity index (χ1n) is 5.32. The van der Waals surface area contributed by atoms with Crippen LogP contribution in [-0.4, -0.2) is 27.6 Å².